The summed E-state index contributed by atoms with van der Waals surface area (Å²) in [6.07, 6.45) is -0.884. The highest BCUT2D eigenvalue weighted by Gasteiger charge is 2.15. The second-order valence-electron chi connectivity index (χ2n) is 4.49. The van der Waals surface area contributed by atoms with Crippen LogP contribution in [0.15, 0.2) is 46.9 Å². The molecule has 2 aromatic rings. The van der Waals surface area contributed by atoms with Crippen LogP contribution in [0.2, 0.25) is 0 Å². The first kappa shape index (κ1) is 15.5. The van der Waals surface area contributed by atoms with Gasteiger partial charge in [-0.05, 0) is 45.8 Å². The predicted molar refractivity (Wildman–Crippen MR) is 82.2 cm³/mol. The van der Waals surface area contributed by atoms with Gasteiger partial charge in [0, 0.05) is 12.2 Å². The number of nitrogen functional groups attached to an aromatic ring is 1. The molecule has 6 heteroatoms. The topological polar surface area (TPSA) is 75.3 Å². The molecule has 2 rings (SSSR count). The van der Waals surface area contributed by atoms with Crippen LogP contribution in [0.3, 0.4) is 0 Å². The van der Waals surface area contributed by atoms with E-state index < -0.39 is 17.8 Å². The molecule has 0 aliphatic rings. The quantitative estimate of drug-likeness (QED) is 0.740. The van der Waals surface area contributed by atoms with Crippen molar-refractivity contribution in [3.8, 4) is 0 Å². The number of rotatable bonds is 4. The van der Waals surface area contributed by atoms with Crippen LogP contribution in [-0.2, 0) is 0 Å². The van der Waals surface area contributed by atoms with Crippen LogP contribution in [0.5, 0.6) is 0 Å². The Morgan fingerprint density at radius 3 is 2.62 bits per heavy atom. The minimum Gasteiger partial charge on any atom is -0.399 e. The zero-order chi connectivity index (χ0) is 15.4. The average Bonchev–Trinajstić information content (AvgIpc) is 2.48. The molecular formula is C15H14BrFN2O2. The fourth-order valence-electron chi connectivity index (χ4n) is 1.80. The van der Waals surface area contributed by atoms with Gasteiger partial charge in [-0.2, -0.15) is 0 Å². The lowest BCUT2D eigenvalue weighted by Crippen LogP contribution is -2.29. The van der Waals surface area contributed by atoms with Gasteiger partial charge in [0.25, 0.3) is 5.91 Å². The minimum absolute atomic E-state index is 0.0191. The Hall–Kier alpha value is -1.92. The molecule has 0 aliphatic carbocycles. The summed E-state index contributed by atoms with van der Waals surface area (Å²) in [4.78, 5) is 11.9. The number of carbonyl (C=O) groups excluding carboxylic acids is 1. The molecule has 1 unspecified atom stereocenters. The second-order valence-corrected chi connectivity index (χ2v) is 5.35. The van der Waals surface area contributed by atoms with Crippen LogP contribution in [0.4, 0.5) is 10.1 Å². The number of amides is 1. The highest BCUT2D eigenvalue weighted by Crippen LogP contribution is 2.19. The fraction of sp³-hybridized carbons (Fsp3) is 0.133. The molecule has 1 amide bonds. The summed E-state index contributed by atoms with van der Waals surface area (Å²) in [7, 11) is 0. The molecule has 1 atom stereocenters. The van der Waals surface area contributed by atoms with Crippen molar-refractivity contribution in [3.05, 3.63) is 63.9 Å². The van der Waals surface area contributed by atoms with E-state index in [2.05, 4.69) is 21.2 Å². The summed E-state index contributed by atoms with van der Waals surface area (Å²) in [6.45, 7) is -0.0191. The highest BCUT2D eigenvalue weighted by molar-refractivity contribution is 9.10. The summed E-state index contributed by atoms with van der Waals surface area (Å²) in [5.74, 6) is -1.21. The third-order valence-electron chi connectivity index (χ3n) is 2.97. The summed E-state index contributed by atoms with van der Waals surface area (Å²) in [6, 6.07) is 11.1. The monoisotopic (exact) mass is 352 g/mol. The molecule has 110 valence electrons. The number of benzene rings is 2. The predicted octanol–water partition coefficient (Wildman–Crippen LogP) is 2.63. The van der Waals surface area contributed by atoms with E-state index in [0.717, 1.165) is 0 Å². The van der Waals surface area contributed by atoms with Crippen molar-refractivity contribution in [1.82, 2.24) is 5.32 Å². The molecule has 0 radical (unpaired) electrons. The number of aliphatic hydroxyl groups excluding tert-OH is 1. The zero-order valence-corrected chi connectivity index (χ0v) is 12.6. The molecule has 0 bridgehead atoms. The molecule has 0 heterocycles. The Labute approximate surface area is 129 Å². The SMILES string of the molecule is Nc1ccc(C(O)CNC(=O)c2cccc(Br)c2F)cc1. The van der Waals surface area contributed by atoms with E-state index in [1.165, 1.54) is 12.1 Å². The van der Waals surface area contributed by atoms with Crippen molar-refractivity contribution in [2.45, 2.75) is 6.10 Å². The fourth-order valence-corrected chi connectivity index (χ4v) is 2.17. The number of anilines is 1. The molecule has 4 nitrogen and oxygen atoms in total. The number of hydrogen-bond donors (Lipinski definition) is 3. The van der Waals surface area contributed by atoms with Crippen LogP contribution in [0.1, 0.15) is 22.0 Å². The second kappa shape index (κ2) is 6.69. The lowest BCUT2D eigenvalue weighted by atomic mass is 10.1. The molecule has 0 aromatic heterocycles. The Morgan fingerprint density at radius 1 is 1.29 bits per heavy atom. The summed E-state index contributed by atoms with van der Waals surface area (Å²) in [5, 5.41) is 12.5. The van der Waals surface area contributed by atoms with Gasteiger partial charge in [-0.3, -0.25) is 4.79 Å². The lowest BCUT2D eigenvalue weighted by Gasteiger charge is -2.13. The van der Waals surface area contributed by atoms with Gasteiger partial charge < -0.3 is 16.2 Å². The van der Waals surface area contributed by atoms with E-state index in [1.54, 1.807) is 30.3 Å². The maximum absolute atomic E-state index is 13.8. The van der Waals surface area contributed by atoms with Gasteiger partial charge >= 0.3 is 0 Å². The van der Waals surface area contributed by atoms with E-state index in [9.17, 15) is 14.3 Å². The van der Waals surface area contributed by atoms with E-state index in [-0.39, 0.29) is 16.6 Å². The van der Waals surface area contributed by atoms with E-state index in [0.29, 0.717) is 11.3 Å². The molecule has 0 fully saturated rings. The van der Waals surface area contributed by atoms with Gasteiger partial charge in [-0.1, -0.05) is 18.2 Å². The maximum atomic E-state index is 13.8. The molecule has 2 aromatic carbocycles. The largest absolute Gasteiger partial charge is 0.399 e. The van der Waals surface area contributed by atoms with Crippen molar-refractivity contribution in [3.63, 3.8) is 0 Å². The molecule has 4 N–H and O–H groups in total. The molecule has 0 saturated carbocycles. The normalized spacial score (nSPS) is 12.0. The first-order chi connectivity index (χ1) is 9.99. The summed E-state index contributed by atoms with van der Waals surface area (Å²) >= 11 is 3.02. The van der Waals surface area contributed by atoms with Crippen LogP contribution in [0.25, 0.3) is 0 Å². The first-order valence-corrected chi connectivity index (χ1v) is 7.04. The number of carbonyl (C=O) groups is 1. The van der Waals surface area contributed by atoms with Crippen LogP contribution in [0, 0.1) is 5.82 Å². The van der Waals surface area contributed by atoms with E-state index >= 15 is 0 Å². The van der Waals surface area contributed by atoms with Crippen molar-refractivity contribution < 1.29 is 14.3 Å². The summed E-state index contributed by atoms with van der Waals surface area (Å²) < 4.78 is 14.0. The first-order valence-electron chi connectivity index (χ1n) is 6.24. The number of nitrogens with one attached hydrogen (secondary N) is 1. The van der Waals surface area contributed by atoms with Gasteiger partial charge in [-0.15, -0.1) is 0 Å². The third kappa shape index (κ3) is 3.80. The van der Waals surface area contributed by atoms with E-state index in [1.807, 2.05) is 0 Å². The number of nitrogens with two attached hydrogens (primary N) is 1. The van der Waals surface area contributed by atoms with Gasteiger partial charge in [0.05, 0.1) is 16.1 Å². The smallest absolute Gasteiger partial charge is 0.254 e. The molecular weight excluding hydrogens is 339 g/mol. The van der Waals surface area contributed by atoms with Crippen molar-refractivity contribution >= 4 is 27.5 Å². The van der Waals surface area contributed by atoms with Crippen molar-refractivity contribution in [1.29, 1.82) is 0 Å². The minimum atomic E-state index is -0.884. The van der Waals surface area contributed by atoms with Crippen LogP contribution in [-0.4, -0.2) is 17.6 Å². The third-order valence-corrected chi connectivity index (χ3v) is 3.59. The Bertz CT molecular complexity index is 647. The molecule has 0 spiro atoms. The van der Waals surface area contributed by atoms with Gasteiger partial charge in [0.2, 0.25) is 0 Å². The number of aliphatic hydroxyl groups is 1. The van der Waals surface area contributed by atoms with Gasteiger partial charge in [0.1, 0.15) is 5.82 Å². The van der Waals surface area contributed by atoms with Crippen LogP contribution < -0.4 is 11.1 Å². The molecule has 0 aliphatic heterocycles. The molecule has 21 heavy (non-hydrogen) atoms. The average molecular weight is 353 g/mol. The van der Waals surface area contributed by atoms with Crippen molar-refractivity contribution in [2.75, 3.05) is 12.3 Å². The number of halogens is 2. The Kier molecular flexibility index (Phi) is 4.93. The standard InChI is InChI=1S/C15H14BrFN2O2/c16-12-3-1-2-11(14(12)17)15(21)19-8-13(20)9-4-6-10(18)7-5-9/h1-7,13,20H,8,18H2,(H,19,21). The van der Waals surface area contributed by atoms with Crippen molar-refractivity contribution in [2.24, 2.45) is 0 Å². The Morgan fingerprint density at radius 2 is 1.95 bits per heavy atom. The number of hydrogen-bond acceptors (Lipinski definition) is 3. The zero-order valence-electron chi connectivity index (χ0n) is 11.0. The van der Waals surface area contributed by atoms with Gasteiger partial charge in [-0.25, -0.2) is 4.39 Å². The van der Waals surface area contributed by atoms with Crippen LogP contribution >= 0.6 is 15.9 Å². The summed E-state index contributed by atoms with van der Waals surface area (Å²) in [5.41, 5.74) is 6.70. The van der Waals surface area contributed by atoms with E-state index in [4.69, 9.17) is 5.73 Å². The maximum Gasteiger partial charge on any atom is 0.254 e. The molecule has 0 saturated heterocycles. The Balaban J connectivity index is 2.00. The van der Waals surface area contributed by atoms with Gasteiger partial charge in [0.15, 0.2) is 0 Å². The highest BCUT2D eigenvalue weighted by atomic mass is 79.9. The lowest BCUT2D eigenvalue weighted by molar-refractivity contribution is 0.0912.